The standard InChI is InChI=1S/C17H15Cl3N2O4/c1-2-25-15-6-10(8-21-24)5-14(20)17(15)26-9-16(23)22-11-3-4-12(18)13(19)7-11/h3-8,24H,2,9H2,1H3,(H,22,23)/b21-8+. The van der Waals surface area contributed by atoms with E-state index in [1.807, 2.05) is 0 Å². The summed E-state index contributed by atoms with van der Waals surface area (Å²) in [6.07, 6.45) is 1.20. The number of oxime groups is 1. The highest BCUT2D eigenvalue weighted by Crippen LogP contribution is 2.36. The Morgan fingerprint density at radius 2 is 1.92 bits per heavy atom. The van der Waals surface area contributed by atoms with Gasteiger partial charge in [-0.1, -0.05) is 40.0 Å². The lowest BCUT2D eigenvalue weighted by molar-refractivity contribution is -0.118. The summed E-state index contributed by atoms with van der Waals surface area (Å²) in [5.74, 6) is 0.132. The highest BCUT2D eigenvalue weighted by molar-refractivity contribution is 6.42. The van der Waals surface area contributed by atoms with Crippen molar-refractivity contribution in [2.45, 2.75) is 6.92 Å². The van der Waals surface area contributed by atoms with Crippen LogP contribution in [0.1, 0.15) is 12.5 Å². The third-order valence-electron chi connectivity index (χ3n) is 3.09. The quantitative estimate of drug-likeness (QED) is 0.382. The first-order valence-electron chi connectivity index (χ1n) is 7.46. The first-order valence-corrected chi connectivity index (χ1v) is 8.59. The second-order valence-corrected chi connectivity index (χ2v) is 6.19. The molecule has 0 unspecified atom stereocenters. The topological polar surface area (TPSA) is 80.2 Å². The zero-order chi connectivity index (χ0) is 19.1. The fourth-order valence-electron chi connectivity index (χ4n) is 2.04. The fourth-order valence-corrected chi connectivity index (χ4v) is 2.61. The molecule has 0 bridgehead atoms. The molecule has 26 heavy (non-hydrogen) atoms. The van der Waals surface area contributed by atoms with Crippen molar-refractivity contribution in [1.82, 2.24) is 0 Å². The van der Waals surface area contributed by atoms with Crippen LogP contribution in [0, 0.1) is 0 Å². The van der Waals surface area contributed by atoms with E-state index in [-0.39, 0.29) is 17.4 Å². The van der Waals surface area contributed by atoms with Gasteiger partial charge in [-0.05, 0) is 37.3 Å². The Balaban J connectivity index is 2.09. The summed E-state index contributed by atoms with van der Waals surface area (Å²) in [5, 5.41) is 15.2. The molecular formula is C17H15Cl3N2O4. The molecule has 0 aliphatic rings. The van der Waals surface area contributed by atoms with Crippen molar-refractivity contribution in [3.63, 3.8) is 0 Å². The van der Waals surface area contributed by atoms with Crippen LogP contribution in [0.2, 0.25) is 15.1 Å². The molecule has 2 aromatic carbocycles. The van der Waals surface area contributed by atoms with Crippen LogP contribution in [0.4, 0.5) is 5.69 Å². The number of nitrogens with one attached hydrogen (secondary N) is 1. The monoisotopic (exact) mass is 416 g/mol. The summed E-state index contributed by atoms with van der Waals surface area (Å²) in [7, 11) is 0. The van der Waals surface area contributed by atoms with Gasteiger partial charge in [0.15, 0.2) is 18.1 Å². The number of nitrogens with zero attached hydrogens (tertiary/aromatic N) is 1. The first-order chi connectivity index (χ1) is 12.4. The van der Waals surface area contributed by atoms with Gasteiger partial charge >= 0.3 is 0 Å². The zero-order valence-corrected chi connectivity index (χ0v) is 15.9. The van der Waals surface area contributed by atoms with Gasteiger partial charge in [-0.2, -0.15) is 0 Å². The Morgan fingerprint density at radius 3 is 2.58 bits per heavy atom. The van der Waals surface area contributed by atoms with Crippen molar-refractivity contribution < 1.29 is 19.5 Å². The molecule has 0 aliphatic heterocycles. The third kappa shape index (κ3) is 5.42. The number of carbonyl (C=O) groups is 1. The van der Waals surface area contributed by atoms with Crippen LogP contribution in [-0.2, 0) is 4.79 Å². The van der Waals surface area contributed by atoms with Crippen molar-refractivity contribution in [3.8, 4) is 11.5 Å². The van der Waals surface area contributed by atoms with Crippen molar-refractivity contribution in [3.05, 3.63) is 51.0 Å². The van der Waals surface area contributed by atoms with Crippen molar-refractivity contribution in [2.24, 2.45) is 5.16 Å². The minimum atomic E-state index is -0.414. The fraction of sp³-hybridized carbons (Fsp3) is 0.176. The molecule has 6 nitrogen and oxygen atoms in total. The summed E-state index contributed by atoms with van der Waals surface area (Å²) < 4.78 is 11.0. The van der Waals surface area contributed by atoms with Gasteiger partial charge in [0.2, 0.25) is 0 Å². The molecule has 2 aromatic rings. The minimum Gasteiger partial charge on any atom is -0.490 e. The van der Waals surface area contributed by atoms with Gasteiger partial charge in [0.25, 0.3) is 5.91 Å². The van der Waals surface area contributed by atoms with E-state index in [0.717, 1.165) is 0 Å². The minimum absolute atomic E-state index is 0.216. The predicted molar refractivity (Wildman–Crippen MR) is 103 cm³/mol. The summed E-state index contributed by atoms with van der Waals surface area (Å²) in [5.41, 5.74) is 1.01. The maximum atomic E-state index is 12.1. The largest absolute Gasteiger partial charge is 0.490 e. The molecule has 1 amide bonds. The Bertz CT molecular complexity index is 828. The third-order valence-corrected chi connectivity index (χ3v) is 4.11. The van der Waals surface area contributed by atoms with Gasteiger partial charge in [-0.3, -0.25) is 4.79 Å². The summed E-state index contributed by atoms with van der Waals surface area (Å²) in [6.45, 7) is 1.86. The van der Waals surface area contributed by atoms with Crippen LogP contribution in [0.15, 0.2) is 35.5 Å². The lowest BCUT2D eigenvalue weighted by Gasteiger charge is -2.14. The number of benzene rings is 2. The van der Waals surface area contributed by atoms with Gasteiger partial charge in [0.1, 0.15) is 0 Å². The van der Waals surface area contributed by atoms with E-state index in [1.54, 1.807) is 25.1 Å². The summed E-state index contributed by atoms with van der Waals surface area (Å²) in [4.78, 5) is 12.1. The molecule has 0 fully saturated rings. The number of hydrogen-bond donors (Lipinski definition) is 2. The van der Waals surface area contributed by atoms with Gasteiger partial charge in [0.05, 0.1) is 27.9 Å². The van der Waals surface area contributed by atoms with Crippen molar-refractivity contribution in [1.29, 1.82) is 0 Å². The lowest BCUT2D eigenvalue weighted by atomic mass is 10.2. The number of hydrogen-bond acceptors (Lipinski definition) is 5. The summed E-state index contributed by atoms with van der Waals surface area (Å²) >= 11 is 17.9. The van der Waals surface area contributed by atoms with E-state index < -0.39 is 5.91 Å². The van der Waals surface area contributed by atoms with Crippen LogP contribution in [-0.4, -0.2) is 30.5 Å². The Kier molecular flexibility index (Phi) is 7.38. The molecule has 0 radical (unpaired) electrons. The van der Waals surface area contributed by atoms with E-state index in [4.69, 9.17) is 49.5 Å². The molecule has 138 valence electrons. The Labute approximate surface area is 165 Å². The van der Waals surface area contributed by atoms with E-state index in [2.05, 4.69) is 10.5 Å². The van der Waals surface area contributed by atoms with Crippen LogP contribution in [0.5, 0.6) is 11.5 Å². The van der Waals surface area contributed by atoms with Crippen molar-refractivity contribution >= 4 is 52.6 Å². The predicted octanol–water partition coefficient (Wildman–Crippen LogP) is 4.87. The maximum Gasteiger partial charge on any atom is 0.262 e. The zero-order valence-electron chi connectivity index (χ0n) is 13.6. The smallest absolute Gasteiger partial charge is 0.262 e. The van der Waals surface area contributed by atoms with Crippen LogP contribution >= 0.6 is 34.8 Å². The van der Waals surface area contributed by atoms with Gasteiger partial charge in [0, 0.05) is 11.3 Å². The molecule has 0 spiro atoms. The SMILES string of the molecule is CCOc1cc(/C=N/O)cc(Cl)c1OCC(=O)Nc1ccc(Cl)c(Cl)c1. The van der Waals surface area contributed by atoms with Crippen LogP contribution < -0.4 is 14.8 Å². The van der Waals surface area contributed by atoms with E-state index >= 15 is 0 Å². The van der Waals surface area contributed by atoms with Gasteiger partial charge in [-0.15, -0.1) is 0 Å². The second kappa shape index (κ2) is 9.52. The second-order valence-electron chi connectivity index (χ2n) is 4.97. The summed E-state index contributed by atoms with van der Waals surface area (Å²) in [6, 6.07) is 7.83. The normalized spacial score (nSPS) is 10.8. The number of halogens is 3. The average molecular weight is 418 g/mol. The van der Waals surface area contributed by atoms with Crippen molar-refractivity contribution in [2.75, 3.05) is 18.5 Å². The highest BCUT2D eigenvalue weighted by atomic mass is 35.5. The molecule has 0 heterocycles. The van der Waals surface area contributed by atoms with E-state index in [1.165, 1.54) is 18.3 Å². The number of anilines is 1. The van der Waals surface area contributed by atoms with E-state index in [0.29, 0.717) is 33.7 Å². The lowest BCUT2D eigenvalue weighted by Crippen LogP contribution is -2.20. The van der Waals surface area contributed by atoms with Crippen LogP contribution in [0.25, 0.3) is 0 Å². The molecular weight excluding hydrogens is 403 g/mol. The Hall–Kier alpha value is -2.15. The molecule has 2 rings (SSSR count). The van der Waals surface area contributed by atoms with Gasteiger partial charge < -0.3 is 20.0 Å². The molecule has 0 atom stereocenters. The number of ether oxygens (including phenoxy) is 2. The number of carbonyl (C=O) groups excluding carboxylic acids is 1. The average Bonchev–Trinajstić information content (AvgIpc) is 2.58. The molecule has 0 saturated carbocycles. The number of rotatable bonds is 7. The van der Waals surface area contributed by atoms with Crippen LogP contribution in [0.3, 0.4) is 0 Å². The Morgan fingerprint density at radius 1 is 1.15 bits per heavy atom. The molecule has 0 saturated heterocycles. The molecule has 9 heteroatoms. The maximum absolute atomic E-state index is 12.1. The first kappa shape index (κ1) is 20.2. The van der Waals surface area contributed by atoms with Gasteiger partial charge in [-0.25, -0.2) is 0 Å². The molecule has 0 aromatic heterocycles. The number of amides is 1. The highest BCUT2D eigenvalue weighted by Gasteiger charge is 2.14. The van der Waals surface area contributed by atoms with E-state index in [9.17, 15) is 4.79 Å². The molecule has 0 aliphatic carbocycles. The molecule has 2 N–H and O–H groups in total.